The molecule has 0 saturated carbocycles. The number of pyridine rings is 1. The van der Waals surface area contributed by atoms with Crippen molar-refractivity contribution < 1.29 is 28.6 Å². The lowest BCUT2D eigenvalue weighted by molar-refractivity contribution is -0.171. The van der Waals surface area contributed by atoms with Gasteiger partial charge < -0.3 is 19.1 Å². The minimum Gasteiger partial charge on any atom is -0.468 e. The molecule has 2 aliphatic heterocycles. The maximum atomic E-state index is 13.1. The Morgan fingerprint density at radius 2 is 1.86 bits per heavy atom. The lowest BCUT2D eigenvalue weighted by Gasteiger charge is -2.34. The van der Waals surface area contributed by atoms with Gasteiger partial charge in [-0.05, 0) is 17.7 Å². The van der Waals surface area contributed by atoms with Crippen LogP contribution in [0.1, 0.15) is 11.5 Å². The lowest BCUT2D eigenvalue weighted by Crippen LogP contribution is -2.52. The van der Waals surface area contributed by atoms with E-state index >= 15 is 0 Å². The van der Waals surface area contributed by atoms with E-state index in [0.29, 0.717) is 5.56 Å². The average molecular weight is 397 g/mol. The van der Waals surface area contributed by atoms with Gasteiger partial charge in [-0.1, -0.05) is 12.1 Å². The van der Waals surface area contributed by atoms with Gasteiger partial charge >= 0.3 is 17.9 Å². The maximum Gasteiger partial charge on any atom is 0.339 e. The molecule has 1 fully saturated rings. The van der Waals surface area contributed by atoms with Crippen LogP contribution in [0.2, 0.25) is 0 Å². The molecule has 0 spiro atoms. The number of carbonyl (C=O) groups excluding carboxylic acids is 3. The fourth-order valence-electron chi connectivity index (χ4n) is 4.12. The van der Waals surface area contributed by atoms with E-state index in [1.54, 1.807) is 18.3 Å². The molecule has 0 aliphatic carbocycles. The number of hydrogen-bond donors (Lipinski definition) is 0. The van der Waals surface area contributed by atoms with E-state index in [4.69, 9.17) is 14.2 Å². The summed E-state index contributed by atoms with van der Waals surface area (Å²) in [6.07, 6.45) is 7.42. The molecule has 1 aromatic rings. The van der Waals surface area contributed by atoms with Gasteiger partial charge in [0.25, 0.3) is 0 Å². The minimum atomic E-state index is -1.87. The Hall–Kier alpha value is -3.67. The number of ether oxygens (including phenoxy) is 3. The van der Waals surface area contributed by atoms with Crippen molar-refractivity contribution in [3.8, 4) is 6.07 Å². The highest BCUT2D eigenvalue weighted by molar-refractivity contribution is 6.04. The Morgan fingerprint density at radius 3 is 2.38 bits per heavy atom. The van der Waals surface area contributed by atoms with Crippen LogP contribution in [0.5, 0.6) is 0 Å². The zero-order chi connectivity index (χ0) is 21.2. The number of methoxy groups -OCH3 is 3. The smallest absolute Gasteiger partial charge is 0.339 e. The number of esters is 3. The third kappa shape index (κ3) is 2.84. The summed E-state index contributed by atoms with van der Waals surface area (Å²) in [6.45, 7) is 0. The first-order valence-electron chi connectivity index (χ1n) is 8.69. The van der Waals surface area contributed by atoms with Crippen LogP contribution < -0.4 is 0 Å². The highest BCUT2D eigenvalue weighted by Crippen LogP contribution is 2.54. The van der Waals surface area contributed by atoms with E-state index in [2.05, 4.69) is 11.1 Å². The van der Waals surface area contributed by atoms with Gasteiger partial charge in [0.05, 0.1) is 39.0 Å². The minimum absolute atomic E-state index is 0.180. The molecule has 0 radical (unpaired) electrons. The van der Waals surface area contributed by atoms with E-state index in [0.717, 1.165) is 0 Å². The second-order valence-electron chi connectivity index (χ2n) is 6.52. The lowest BCUT2D eigenvalue weighted by atomic mass is 9.68. The van der Waals surface area contributed by atoms with Crippen molar-refractivity contribution in [1.82, 2.24) is 9.88 Å². The van der Waals surface area contributed by atoms with Crippen LogP contribution in [0.4, 0.5) is 0 Å². The Balaban J connectivity index is 2.29. The summed E-state index contributed by atoms with van der Waals surface area (Å²) < 4.78 is 14.8. The van der Waals surface area contributed by atoms with E-state index < -0.39 is 41.3 Å². The second kappa shape index (κ2) is 7.75. The summed E-state index contributed by atoms with van der Waals surface area (Å²) in [7, 11) is 3.57. The molecule has 150 valence electrons. The summed E-state index contributed by atoms with van der Waals surface area (Å²) >= 11 is 0. The van der Waals surface area contributed by atoms with E-state index in [1.165, 1.54) is 50.8 Å². The van der Waals surface area contributed by atoms with Crippen LogP contribution in [-0.2, 0) is 28.6 Å². The van der Waals surface area contributed by atoms with Gasteiger partial charge in [-0.3, -0.25) is 14.6 Å². The van der Waals surface area contributed by atoms with Gasteiger partial charge in [0.15, 0.2) is 5.41 Å². The molecule has 0 bridgehead atoms. The van der Waals surface area contributed by atoms with Gasteiger partial charge in [0.2, 0.25) is 0 Å². The number of rotatable bonds is 4. The molecular formula is C20H19N3O6. The van der Waals surface area contributed by atoms with Crippen LogP contribution in [0, 0.1) is 16.7 Å². The molecule has 0 amide bonds. The number of nitrogens with zero attached hydrogens (tertiary/aromatic N) is 3. The molecule has 9 nitrogen and oxygen atoms in total. The van der Waals surface area contributed by atoms with Crippen molar-refractivity contribution in [3.05, 3.63) is 54.0 Å². The zero-order valence-corrected chi connectivity index (χ0v) is 16.1. The molecule has 29 heavy (non-hydrogen) atoms. The van der Waals surface area contributed by atoms with Crippen molar-refractivity contribution in [2.24, 2.45) is 5.41 Å². The summed E-state index contributed by atoms with van der Waals surface area (Å²) in [5, 5.41) is 9.97. The highest BCUT2D eigenvalue weighted by Gasteiger charge is 2.69. The Bertz CT molecular complexity index is 917. The molecule has 0 N–H and O–H groups in total. The summed E-state index contributed by atoms with van der Waals surface area (Å²) in [6, 6.07) is 3.58. The molecule has 1 saturated heterocycles. The van der Waals surface area contributed by atoms with Crippen molar-refractivity contribution in [2.75, 3.05) is 21.3 Å². The van der Waals surface area contributed by atoms with Crippen molar-refractivity contribution in [3.63, 3.8) is 0 Å². The van der Waals surface area contributed by atoms with Gasteiger partial charge in [-0.25, -0.2) is 4.79 Å². The van der Waals surface area contributed by atoms with Crippen LogP contribution in [0.3, 0.4) is 0 Å². The average Bonchev–Trinajstić information content (AvgIpc) is 3.08. The van der Waals surface area contributed by atoms with Crippen LogP contribution in [0.15, 0.2) is 48.5 Å². The Kier molecular flexibility index (Phi) is 5.37. The predicted molar refractivity (Wildman–Crippen MR) is 97.7 cm³/mol. The molecule has 0 unspecified atom stereocenters. The fraction of sp³-hybridized carbons (Fsp3) is 0.350. The monoisotopic (exact) mass is 397 g/mol. The van der Waals surface area contributed by atoms with Crippen LogP contribution >= 0.6 is 0 Å². The molecule has 3 heterocycles. The van der Waals surface area contributed by atoms with Crippen LogP contribution in [-0.4, -0.2) is 61.2 Å². The molecule has 1 aromatic heterocycles. The first-order chi connectivity index (χ1) is 14.0. The molecule has 3 atom stereocenters. The Morgan fingerprint density at radius 1 is 1.17 bits per heavy atom. The van der Waals surface area contributed by atoms with Crippen molar-refractivity contribution in [2.45, 2.75) is 18.0 Å². The largest absolute Gasteiger partial charge is 0.468 e. The first-order valence-corrected chi connectivity index (χ1v) is 8.69. The van der Waals surface area contributed by atoms with E-state index in [9.17, 15) is 19.6 Å². The fourth-order valence-corrected chi connectivity index (χ4v) is 4.12. The second-order valence-corrected chi connectivity index (χ2v) is 6.52. The van der Waals surface area contributed by atoms with Gasteiger partial charge in [-0.2, -0.15) is 5.26 Å². The standard InChI is InChI=1S/C20H19N3O6/c1-27-17(24)13-6-7-15-20(18(25)28-2,19(26)29-3)16(12-5-4-8-22-10-12)14(9-21)23(15)11-13/h4-8,10-11,14-16H,1-3H3/t14-,15-,16-/m1/s1. The number of fused-ring (bicyclic) bond motifs is 1. The summed E-state index contributed by atoms with van der Waals surface area (Å²) in [5.41, 5.74) is -1.20. The predicted octanol–water partition coefficient (Wildman–Crippen LogP) is 0.701. The zero-order valence-electron chi connectivity index (χ0n) is 16.1. The van der Waals surface area contributed by atoms with E-state index in [-0.39, 0.29) is 5.57 Å². The summed E-state index contributed by atoms with van der Waals surface area (Å²) in [5.74, 6) is -3.25. The van der Waals surface area contributed by atoms with Gasteiger partial charge in [0.1, 0.15) is 6.04 Å². The highest BCUT2D eigenvalue weighted by atomic mass is 16.5. The quantitative estimate of drug-likeness (QED) is 0.411. The molecule has 2 aliphatic rings. The molecular weight excluding hydrogens is 378 g/mol. The van der Waals surface area contributed by atoms with E-state index in [1.807, 2.05) is 0 Å². The molecule has 0 aromatic carbocycles. The first kappa shape index (κ1) is 20.1. The normalized spacial score (nSPS) is 24.0. The third-order valence-corrected chi connectivity index (χ3v) is 5.30. The molecule has 3 rings (SSSR count). The van der Waals surface area contributed by atoms with Crippen molar-refractivity contribution >= 4 is 17.9 Å². The number of nitriles is 1. The van der Waals surface area contributed by atoms with Crippen LogP contribution in [0.25, 0.3) is 0 Å². The van der Waals surface area contributed by atoms with Gasteiger partial charge in [0, 0.05) is 24.5 Å². The Labute approximate surface area is 167 Å². The molecule has 9 heteroatoms. The number of carbonyl (C=O) groups is 3. The number of aromatic nitrogens is 1. The van der Waals surface area contributed by atoms with Gasteiger partial charge in [-0.15, -0.1) is 0 Å². The SMILES string of the molecule is COC(=O)C1=CN2[C@H](C#N)[C@@H](c3cccnc3)C(C(=O)OC)(C(=O)OC)[C@H]2C=C1. The third-order valence-electron chi connectivity index (χ3n) is 5.30. The number of hydrogen-bond acceptors (Lipinski definition) is 9. The summed E-state index contributed by atoms with van der Waals surface area (Å²) in [4.78, 5) is 43.7. The maximum absolute atomic E-state index is 13.1. The topological polar surface area (TPSA) is 119 Å². The van der Waals surface area contributed by atoms with Crippen molar-refractivity contribution in [1.29, 1.82) is 5.26 Å².